The number of likely N-dealkylation sites (tertiary alicyclic amines) is 1. The Morgan fingerprint density at radius 3 is 2.64 bits per heavy atom. The fourth-order valence-corrected chi connectivity index (χ4v) is 3.46. The lowest BCUT2D eigenvalue weighted by molar-refractivity contribution is -0.148. The third kappa shape index (κ3) is 3.87. The SMILES string of the molecule is Cc1cncc(NC(=O)C(=O)N2[C@H](C)CCC[C@@H]2c2ccccc2)c1. The van der Waals surface area contributed by atoms with E-state index in [0.29, 0.717) is 5.69 Å². The van der Waals surface area contributed by atoms with E-state index in [1.807, 2.05) is 44.2 Å². The molecule has 130 valence electrons. The van der Waals surface area contributed by atoms with Gasteiger partial charge >= 0.3 is 11.8 Å². The van der Waals surface area contributed by atoms with E-state index in [-0.39, 0.29) is 12.1 Å². The summed E-state index contributed by atoms with van der Waals surface area (Å²) in [6, 6.07) is 11.7. The molecule has 1 aromatic heterocycles. The van der Waals surface area contributed by atoms with E-state index in [1.54, 1.807) is 23.4 Å². The molecule has 2 amide bonds. The van der Waals surface area contributed by atoms with Crippen molar-refractivity contribution in [2.75, 3.05) is 5.32 Å². The van der Waals surface area contributed by atoms with Crippen LogP contribution in [0.4, 0.5) is 5.69 Å². The Hall–Kier alpha value is -2.69. The minimum absolute atomic E-state index is 0.0350. The lowest BCUT2D eigenvalue weighted by Gasteiger charge is -2.40. The van der Waals surface area contributed by atoms with Gasteiger partial charge in [0, 0.05) is 12.2 Å². The van der Waals surface area contributed by atoms with Crippen LogP contribution < -0.4 is 5.32 Å². The van der Waals surface area contributed by atoms with Gasteiger partial charge in [0.1, 0.15) is 0 Å². The number of benzene rings is 1. The summed E-state index contributed by atoms with van der Waals surface area (Å²) < 4.78 is 0. The van der Waals surface area contributed by atoms with Gasteiger partial charge in [0.2, 0.25) is 0 Å². The normalized spacial score (nSPS) is 20.2. The summed E-state index contributed by atoms with van der Waals surface area (Å²) in [5.74, 6) is -1.09. The predicted octanol–water partition coefficient (Wildman–Crippen LogP) is 3.47. The first-order chi connectivity index (χ1) is 12.1. The van der Waals surface area contributed by atoms with Gasteiger partial charge in [-0.25, -0.2) is 0 Å². The average Bonchev–Trinajstić information content (AvgIpc) is 2.61. The monoisotopic (exact) mass is 337 g/mol. The van der Waals surface area contributed by atoms with Crippen molar-refractivity contribution in [1.29, 1.82) is 0 Å². The molecule has 5 heteroatoms. The summed E-state index contributed by atoms with van der Waals surface area (Å²) in [5, 5.41) is 2.68. The Labute approximate surface area is 148 Å². The summed E-state index contributed by atoms with van der Waals surface area (Å²) in [7, 11) is 0. The first-order valence-corrected chi connectivity index (χ1v) is 8.66. The zero-order valence-corrected chi connectivity index (χ0v) is 14.6. The topological polar surface area (TPSA) is 62.3 Å². The quantitative estimate of drug-likeness (QED) is 0.854. The molecule has 1 aliphatic heterocycles. The largest absolute Gasteiger partial charge is 0.325 e. The molecule has 1 aromatic carbocycles. The molecule has 1 saturated heterocycles. The van der Waals surface area contributed by atoms with Crippen LogP contribution in [0.2, 0.25) is 0 Å². The van der Waals surface area contributed by atoms with Gasteiger partial charge < -0.3 is 10.2 Å². The van der Waals surface area contributed by atoms with E-state index in [0.717, 1.165) is 30.4 Å². The van der Waals surface area contributed by atoms with Gasteiger partial charge in [0.25, 0.3) is 0 Å². The highest BCUT2D eigenvalue weighted by Crippen LogP contribution is 2.34. The Bertz CT molecular complexity index is 761. The van der Waals surface area contributed by atoms with Crippen LogP contribution in [0.25, 0.3) is 0 Å². The lowest BCUT2D eigenvalue weighted by atomic mass is 9.91. The van der Waals surface area contributed by atoms with Crippen LogP contribution in [-0.4, -0.2) is 27.7 Å². The number of carbonyl (C=O) groups excluding carboxylic acids is 2. The maximum atomic E-state index is 12.9. The molecule has 0 saturated carbocycles. The van der Waals surface area contributed by atoms with E-state index >= 15 is 0 Å². The maximum Gasteiger partial charge on any atom is 0.313 e. The zero-order chi connectivity index (χ0) is 17.8. The Morgan fingerprint density at radius 1 is 1.16 bits per heavy atom. The van der Waals surface area contributed by atoms with Crippen LogP contribution in [0.15, 0.2) is 48.8 Å². The van der Waals surface area contributed by atoms with Gasteiger partial charge in [-0.2, -0.15) is 0 Å². The van der Waals surface area contributed by atoms with Crippen LogP contribution >= 0.6 is 0 Å². The zero-order valence-electron chi connectivity index (χ0n) is 14.6. The van der Waals surface area contributed by atoms with Crippen LogP contribution in [0.1, 0.15) is 43.4 Å². The summed E-state index contributed by atoms with van der Waals surface area (Å²) >= 11 is 0. The third-order valence-electron chi connectivity index (χ3n) is 4.66. The van der Waals surface area contributed by atoms with Crippen molar-refractivity contribution >= 4 is 17.5 Å². The molecule has 0 spiro atoms. The molecule has 1 fully saturated rings. The van der Waals surface area contributed by atoms with Crippen molar-refractivity contribution in [2.45, 2.75) is 45.2 Å². The molecule has 0 aliphatic carbocycles. The van der Waals surface area contributed by atoms with Gasteiger partial charge in [0.15, 0.2) is 0 Å². The molecule has 1 N–H and O–H groups in total. The number of amides is 2. The second-order valence-electron chi connectivity index (χ2n) is 6.62. The molecule has 2 aromatic rings. The molecule has 2 heterocycles. The minimum atomic E-state index is -0.609. The number of piperidine rings is 1. The van der Waals surface area contributed by atoms with Crippen LogP contribution in [-0.2, 0) is 9.59 Å². The molecule has 1 aliphatic rings. The smallest absolute Gasteiger partial charge is 0.313 e. The lowest BCUT2D eigenvalue weighted by Crippen LogP contribution is -2.48. The number of carbonyl (C=O) groups is 2. The van der Waals surface area contributed by atoms with Crippen molar-refractivity contribution in [1.82, 2.24) is 9.88 Å². The average molecular weight is 337 g/mol. The number of aromatic nitrogens is 1. The summed E-state index contributed by atoms with van der Waals surface area (Å²) in [6.45, 7) is 3.90. The summed E-state index contributed by atoms with van der Waals surface area (Å²) in [5.41, 5.74) is 2.55. The Kier molecular flexibility index (Phi) is 5.12. The second kappa shape index (κ2) is 7.47. The van der Waals surface area contributed by atoms with Crippen molar-refractivity contribution in [3.63, 3.8) is 0 Å². The highest BCUT2D eigenvalue weighted by Gasteiger charge is 2.35. The molecule has 25 heavy (non-hydrogen) atoms. The van der Waals surface area contributed by atoms with Crippen molar-refractivity contribution < 1.29 is 9.59 Å². The number of aryl methyl sites for hydroxylation is 1. The molecular formula is C20H23N3O2. The number of nitrogens with zero attached hydrogens (tertiary/aromatic N) is 2. The minimum Gasteiger partial charge on any atom is -0.325 e. The van der Waals surface area contributed by atoms with Crippen LogP contribution in [0.3, 0.4) is 0 Å². The van der Waals surface area contributed by atoms with Crippen molar-refractivity contribution in [3.05, 3.63) is 59.9 Å². The predicted molar refractivity (Wildman–Crippen MR) is 96.9 cm³/mol. The van der Waals surface area contributed by atoms with E-state index in [1.165, 1.54) is 0 Å². The molecule has 0 unspecified atom stereocenters. The Balaban J connectivity index is 1.80. The molecule has 3 rings (SSSR count). The second-order valence-corrected chi connectivity index (χ2v) is 6.62. The summed E-state index contributed by atoms with van der Waals surface area (Å²) in [6.07, 6.45) is 6.09. The van der Waals surface area contributed by atoms with Crippen molar-refractivity contribution in [3.8, 4) is 0 Å². The first kappa shape index (κ1) is 17.1. The van der Waals surface area contributed by atoms with Gasteiger partial charge in [-0.1, -0.05) is 30.3 Å². The number of anilines is 1. The van der Waals surface area contributed by atoms with Gasteiger partial charge in [-0.15, -0.1) is 0 Å². The van der Waals surface area contributed by atoms with Crippen LogP contribution in [0, 0.1) is 6.92 Å². The van der Waals surface area contributed by atoms with Gasteiger partial charge in [-0.05, 0) is 50.3 Å². The molecule has 5 nitrogen and oxygen atoms in total. The molecule has 0 bridgehead atoms. The molecule has 2 atom stereocenters. The number of pyridine rings is 1. The molecular weight excluding hydrogens is 314 g/mol. The van der Waals surface area contributed by atoms with Gasteiger partial charge in [0.05, 0.1) is 17.9 Å². The van der Waals surface area contributed by atoms with E-state index in [9.17, 15) is 9.59 Å². The highest BCUT2D eigenvalue weighted by molar-refractivity contribution is 6.39. The number of nitrogens with one attached hydrogen (secondary N) is 1. The maximum absolute atomic E-state index is 12.9. The summed E-state index contributed by atoms with van der Waals surface area (Å²) in [4.78, 5) is 31.2. The third-order valence-corrected chi connectivity index (χ3v) is 4.66. The Morgan fingerprint density at radius 2 is 1.92 bits per heavy atom. The van der Waals surface area contributed by atoms with E-state index in [4.69, 9.17) is 0 Å². The van der Waals surface area contributed by atoms with E-state index < -0.39 is 11.8 Å². The first-order valence-electron chi connectivity index (χ1n) is 8.66. The van der Waals surface area contributed by atoms with Crippen molar-refractivity contribution in [2.24, 2.45) is 0 Å². The van der Waals surface area contributed by atoms with Gasteiger partial charge in [-0.3, -0.25) is 14.6 Å². The van der Waals surface area contributed by atoms with Crippen LogP contribution in [0.5, 0.6) is 0 Å². The number of rotatable bonds is 2. The fraction of sp³-hybridized carbons (Fsp3) is 0.350. The highest BCUT2D eigenvalue weighted by atomic mass is 16.2. The molecule has 0 radical (unpaired) electrons. The number of hydrogen-bond donors (Lipinski definition) is 1. The van der Waals surface area contributed by atoms with E-state index in [2.05, 4.69) is 10.3 Å². The number of hydrogen-bond acceptors (Lipinski definition) is 3. The standard InChI is InChI=1S/C20H23N3O2/c1-14-11-17(13-21-12-14)22-19(24)20(25)23-15(2)7-6-10-18(23)16-8-4-3-5-9-16/h3-5,8-9,11-13,15,18H,6-7,10H2,1-2H3,(H,22,24)/t15-,18-/m1/s1. The fourth-order valence-electron chi connectivity index (χ4n) is 3.46.